The number of nitrogens with zero attached hydrogens (tertiary/aromatic N) is 3. The van der Waals surface area contributed by atoms with Crippen molar-refractivity contribution in [2.45, 2.75) is 25.7 Å². The number of halogens is 2. The lowest BCUT2D eigenvalue weighted by Gasteiger charge is -2.23. The number of fused-ring (bicyclic) bond motifs is 2. The lowest BCUT2D eigenvalue weighted by Crippen LogP contribution is -2.26. The zero-order valence-corrected chi connectivity index (χ0v) is 16.1. The highest BCUT2D eigenvalue weighted by molar-refractivity contribution is 6.36. The fourth-order valence-corrected chi connectivity index (χ4v) is 4.31. The Hall–Kier alpha value is -2.64. The van der Waals surface area contributed by atoms with Crippen molar-refractivity contribution in [1.82, 2.24) is 24.9 Å². The Kier molecular flexibility index (Phi) is 4.21. The number of aromatic nitrogens is 4. The van der Waals surface area contributed by atoms with E-state index in [0.717, 1.165) is 42.5 Å². The molecule has 6 nitrogen and oxygen atoms in total. The first-order valence-electron chi connectivity index (χ1n) is 9.38. The molecular weight excluding hydrogens is 379 g/mol. The lowest BCUT2D eigenvalue weighted by atomic mass is 9.90. The van der Waals surface area contributed by atoms with Gasteiger partial charge in [0, 0.05) is 18.5 Å². The molecule has 0 radical (unpaired) electrons. The van der Waals surface area contributed by atoms with Crippen LogP contribution in [0.25, 0.3) is 16.6 Å². The van der Waals surface area contributed by atoms with Gasteiger partial charge in [0.2, 0.25) is 0 Å². The van der Waals surface area contributed by atoms with Crippen molar-refractivity contribution < 1.29 is 4.39 Å². The van der Waals surface area contributed by atoms with E-state index in [1.807, 2.05) is 13.0 Å². The molecule has 1 saturated heterocycles. The predicted molar refractivity (Wildman–Crippen MR) is 109 cm³/mol. The van der Waals surface area contributed by atoms with Gasteiger partial charge in [0.15, 0.2) is 17.3 Å². The van der Waals surface area contributed by atoms with E-state index in [1.165, 1.54) is 11.6 Å². The van der Waals surface area contributed by atoms with Crippen LogP contribution in [0.3, 0.4) is 0 Å². The molecule has 0 bridgehead atoms. The number of H-pyrrole nitrogens is 1. The lowest BCUT2D eigenvalue weighted by molar-refractivity contribution is 0.460. The normalized spacial score (nSPS) is 15.5. The quantitative estimate of drug-likeness (QED) is 0.474. The van der Waals surface area contributed by atoms with Crippen LogP contribution in [0, 0.1) is 12.7 Å². The van der Waals surface area contributed by atoms with E-state index in [0.29, 0.717) is 28.1 Å². The fraction of sp³-hybridized carbons (Fsp3) is 0.300. The fourth-order valence-electron chi connectivity index (χ4n) is 3.99. The molecule has 3 N–H and O–H groups in total. The maximum atomic E-state index is 14.4. The minimum absolute atomic E-state index is 0.305. The summed E-state index contributed by atoms with van der Waals surface area (Å²) in [6, 6.07) is 5.57. The van der Waals surface area contributed by atoms with Crippen LogP contribution in [-0.4, -0.2) is 32.7 Å². The highest BCUT2D eigenvalue weighted by atomic mass is 35.5. The molecule has 4 heterocycles. The number of aryl methyl sites for hydroxylation is 1. The first-order valence-corrected chi connectivity index (χ1v) is 9.76. The highest BCUT2D eigenvalue weighted by Gasteiger charge is 2.19. The van der Waals surface area contributed by atoms with E-state index in [-0.39, 0.29) is 0 Å². The molecule has 0 spiro atoms. The van der Waals surface area contributed by atoms with Gasteiger partial charge in [-0.1, -0.05) is 11.6 Å². The molecule has 0 atom stereocenters. The van der Waals surface area contributed by atoms with E-state index < -0.39 is 5.82 Å². The van der Waals surface area contributed by atoms with Gasteiger partial charge in [-0.25, -0.2) is 9.37 Å². The summed E-state index contributed by atoms with van der Waals surface area (Å²) in [6.45, 7) is 3.89. The summed E-state index contributed by atoms with van der Waals surface area (Å²) >= 11 is 6.62. The molecule has 144 valence electrons. The van der Waals surface area contributed by atoms with Gasteiger partial charge >= 0.3 is 0 Å². The average Bonchev–Trinajstić information content (AvgIpc) is 3.26. The Balaban J connectivity index is 1.51. The number of hydrogen-bond donors (Lipinski definition) is 3. The molecule has 4 aromatic rings. The van der Waals surface area contributed by atoms with Crippen molar-refractivity contribution in [3.05, 3.63) is 52.7 Å². The summed E-state index contributed by atoms with van der Waals surface area (Å²) in [4.78, 5) is 4.18. The van der Waals surface area contributed by atoms with E-state index >= 15 is 0 Å². The Morgan fingerprint density at radius 1 is 1.21 bits per heavy atom. The van der Waals surface area contributed by atoms with Crippen molar-refractivity contribution in [2.75, 3.05) is 18.4 Å². The Bertz CT molecular complexity index is 1170. The summed E-state index contributed by atoms with van der Waals surface area (Å²) in [7, 11) is 0. The van der Waals surface area contributed by atoms with E-state index in [2.05, 4.69) is 31.9 Å². The number of pyridine rings is 1. The predicted octanol–water partition coefficient (Wildman–Crippen LogP) is 4.52. The molecule has 1 aliphatic rings. The standard InChI is InChI=1S/C20H20ClFN6/c1-11-9-28-10-14(8-16(22)20(28)24-11)25-19-18-15(21)6-13(7-17(18)26-27-19)12-2-4-23-5-3-12/h6-10,12,23H,2-5H2,1H3,(H2,25,26,27). The molecule has 0 amide bonds. The van der Waals surface area contributed by atoms with Crippen LogP contribution in [0.4, 0.5) is 15.9 Å². The largest absolute Gasteiger partial charge is 0.337 e. The highest BCUT2D eigenvalue weighted by Crippen LogP contribution is 2.36. The van der Waals surface area contributed by atoms with E-state index in [4.69, 9.17) is 11.6 Å². The second-order valence-corrected chi connectivity index (χ2v) is 7.74. The Morgan fingerprint density at radius 3 is 2.86 bits per heavy atom. The second-order valence-electron chi connectivity index (χ2n) is 7.34. The number of nitrogens with one attached hydrogen (secondary N) is 3. The van der Waals surface area contributed by atoms with Crippen LogP contribution in [0.1, 0.15) is 30.0 Å². The van der Waals surface area contributed by atoms with Gasteiger partial charge in [-0.3, -0.25) is 5.10 Å². The van der Waals surface area contributed by atoms with Gasteiger partial charge in [-0.15, -0.1) is 0 Å². The van der Waals surface area contributed by atoms with Gasteiger partial charge < -0.3 is 15.0 Å². The zero-order chi connectivity index (χ0) is 19.3. The van der Waals surface area contributed by atoms with Gasteiger partial charge in [-0.2, -0.15) is 5.10 Å². The van der Waals surface area contributed by atoms with Gasteiger partial charge in [-0.05, 0) is 56.5 Å². The molecule has 1 aromatic carbocycles. The summed E-state index contributed by atoms with van der Waals surface area (Å²) in [6.07, 6.45) is 5.77. The van der Waals surface area contributed by atoms with Crippen LogP contribution in [0.2, 0.25) is 5.02 Å². The summed E-state index contributed by atoms with van der Waals surface area (Å²) in [5.41, 5.74) is 3.75. The topological polar surface area (TPSA) is 70.0 Å². The van der Waals surface area contributed by atoms with Crippen LogP contribution in [-0.2, 0) is 0 Å². The van der Waals surface area contributed by atoms with Crippen LogP contribution in [0.15, 0.2) is 30.6 Å². The van der Waals surface area contributed by atoms with Crippen molar-refractivity contribution in [3.8, 4) is 0 Å². The zero-order valence-electron chi connectivity index (χ0n) is 15.4. The molecule has 1 fully saturated rings. The van der Waals surface area contributed by atoms with Crippen LogP contribution in [0.5, 0.6) is 0 Å². The molecule has 5 rings (SSSR count). The first-order chi connectivity index (χ1) is 13.6. The van der Waals surface area contributed by atoms with Crippen molar-refractivity contribution in [2.24, 2.45) is 0 Å². The SMILES string of the molecule is Cc1cn2cc(Nc3n[nH]c4cc(C5CCNCC5)cc(Cl)c34)cc(F)c2n1. The smallest absolute Gasteiger partial charge is 0.173 e. The number of benzene rings is 1. The number of anilines is 2. The third-order valence-corrected chi connectivity index (χ3v) is 5.64. The van der Waals surface area contributed by atoms with Crippen LogP contribution >= 0.6 is 11.6 Å². The third kappa shape index (κ3) is 3.00. The van der Waals surface area contributed by atoms with Gasteiger partial charge in [0.05, 0.1) is 27.3 Å². The monoisotopic (exact) mass is 398 g/mol. The number of hydrogen-bond acceptors (Lipinski definition) is 4. The number of imidazole rings is 1. The minimum Gasteiger partial charge on any atom is -0.337 e. The molecule has 1 aliphatic heterocycles. The Morgan fingerprint density at radius 2 is 2.04 bits per heavy atom. The third-order valence-electron chi connectivity index (χ3n) is 5.34. The van der Waals surface area contributed by atoms with Crippen LogP contribution < -0.4 is 10.6 Å². The van der Waals surface area contributed by atoms with Crippen molar-refractivity contribution in [1.29, 1.82) is 0 Å². The summed E-state index contributed by atoms with van der Waals surface area (Å²) in [5.74, 6) is 0.688. The summed E-state index contributed by atoms with van der Waals surface area (Å²) in [5, 5.41) is 15.4. The Labute approximate surface area is 166 Å². The number of aromatic amines is 1. The van der Waals surface area contributed by atoms with Gasteiger partial charge in [0.25, 0.3) is 0 Å². The number of piperidine rings is 1. The molecule has 8 heteroatoms. The molecule has 3 aromatic heterocycles. The number of rotatable bonds is 3. The molecule has 0 unspecified atom stereocenters. The molecular formula is C20H20ClFN6. The maximum Gasteiger partial charge on any atom is 0.173 e. The molecule has 28 heavy (non-hydrogen) atoms. The molecule has 0 aliphatic carbocycles. The van der Waals surface area contributed by atoms with E-state index in [1.54, 1.807) is 16.8 Å². The van der Waals surface area contributed by atoms with E-state index in [9.17, 15) is 4.39 Å². The maximum absolute atomic E-state index is 14.4. The van der Waals surface area contributed by atoms with Gasteiger partial charge in [0.1, 0.15) is 0 Å². The average molecular weight is 399 g/mol. The first kappa shape index (κ1) is 17.5. The minimum atomic E-state index is -0.391. The van der Waals surface area contributed by atoms with Crippen molar-refractivity contribution in [3.63, 3.8) is 0 Å². The summed E-state index contributed by atoms with van der Waals surface area (Å²) < 4.78 is 16.0. The van der Waals surface area contributed by atoms with Crippen molar-refractivity contribution >= 4 is 39.7 Å². The second kappa shape index (κ2) is 6.76. The molecule has 0 saturated carbocycles.